The zero-order valence-corrected chi connectivity index (χ0v) is 12.7. The van der Waals surface area contributed by atoms with Crippen molar-refractivity contribution in [2.24, 2.45) is 0 Å². The molecule has 0 aliphatic heterocycles. The summed E-state index contributed by atoms with van der Waals surface area (Å²) in [5.41, 5.74) is 0.576. The first kappa shape index (κ1) is 15.5. The number of carboxylic acids is 1. The summed E-state index contributed by atoms with van der Waals surface area (Å²) in [7, 11) is 0. The van der Waals surface area contributed by atoms with Crippen LogP contribution in [0.5, 0.6) is 0 Å². The molecule has 1 aliphatic rings. The highest BCUT2D eigenvalue weighted by molar-refractivity contribution is 5.97. The van der Waals surface area contributed by atoms with Crippen molar-refractivity contribution in [3.05, 3.63) is 35.4 Å². The van der Waals surface area contributed by atoms with Crippen LogP contribution < -0.4 is 5.32 Å². The molecule has 1 atom stereocenters. The Bertz CT molecular complexity index is 519. The molecule has 1 unspecified atom stereocenters. The molecule has 0 spiro atoms. The van der Waals surface area contributed by atoms with E-state index in [4.69, 9.17) is 0 Å². The van der Waals surface area contributed by atoms with E-state index in [-0.39, 0.29) is 5.91 Å². The van der Waals surface area contributed by atoms with Crippen LogP contribution in [-0.4, -0.2) is 22.5 Å². The van der Waals surface area contributed by atoms with Gasteiger partial charge in [0, 0.05) is 5.56 Å². The van der Waals surface area contributed by atoms with Crippen LogP contribution in [0.25, 0.3) is 0 Å². The number of carboxylic acid groups (broad SMARTS) is 1. The normalized spacial score (nSPS) is 17.6. The summed E-state index contributed by atoms with van der Waals surface area (Å²) in [4.78, 5) is 23.6. The number of benzene rings is 1. The van der Waals surface area contributed by atoms with Crippen LogP contribution in [-0.2, 0) is 4.79 Å². The van der Waals surface area contributed by atoms with Crippen LogP contribution in [0.15, 0.2) is 24.3 Å². The topological polar surface area (TPSA) is 66.4 Å². The molecule has 0 bridgehead atoms. The van der Waals surface area contributed by atoms with E-state index in [1.165, 1.54) is 24.8 Å². The van der Waals surface area contributed by atoms with Crippen LogP contribution in [0.1, 0.15) is 67.8 Å². The molecule has 4 heteroatoms. The highest BCUT2D eigenvalue weighted by atomic mass is 16.4. The Morgan fingerprint density at radius 2 is 1.90 bits per heavy atom. The van der Waals surface area contributed by atoms with Gasteiger partial charge in [-0.2, -0.15) is 0 Å². The lowest BCUT2D eigenvalue weighted by molar-refractivity contribution is -0.144. The van der Waals surface area contributed by atoms with Gasteiger partial charge >= 0.3 is 5.97 Å². The highest BCUT2D eigenvalue weighted by Crippen LogP contribution is 2.36. The van der Waals surface area contributed by atoms with Gasteiger partial charge in [-0.1, -0.05) is 31.9 Å². The van der Waals surface area contributed by atoms with Gasteiger partial charge in [0.25, 0.3) is 5.91 Å². The number of nitrogens with one attached hydrogen (secondary N) is 1. The fourth-order valence-corrected chi connectivity index (χ4v) is 2.69. The lowest BCUT2D eigenvalue weighted by Gasteiger charge is -2.27. The van der Waals surface area contributed by atoms with E-state index in [1.807, 2.05) is 19.1 Å². The van der Waals surface area contributed by atoms with E-state index >= 15 is 0 Å². The number of rotatable bonds is 6. The molecule has 1 aliphatic carbocycles. The SMILES string of the molecule is CCCC(C)(NC(=O)c1ccc(C2CCC2)cc1)C(=O)O. The van der Waals surface area contributed by atoms with Gasteiger partial charge in [0.15, 0.2) is 0 Å². The molecule has 0 heterocycles. The molecule has 1 aromatic rings. The lowest BCUT2D eigenvalue weighted by atomic mass is 9.80. The van der Waals surface area contributed by atoms with Gasteiger partial charge in [-0.05, 0) is 49.8 Å². The Morgan fingerprint density at radius 3 is 2.33 bits per heavy atom. The fourth-order valence-electron chi connectivity index (χ4n) is 2.69. The van der Waals surface area contributed by atoms with Crippen LogP contribution in [0, 0.1) is 0 Å². The maximum Gasteiger partial charge on any atom is 0.329 e. The van der Waals surface area contributed by atoms with Crippen LogP contribution in [0.4, 0.5) is 0 Å². The van der Waals surface area contributed by atoms with Gasteiger partial charge in [0.2, 0.25) is 0 Å². The number of hydrogen-bond donors (Lipinski definition) is 2. The summed E-state index contributed by atoms with van der Waals surface area (Å²) >= 11 is 0. The quantitative estimate of drug-likeness (QED) is 0.844. The molecular weight excluding hydrogens is 266 g/mol. The first-order chi connectivity index (χ1) is 9.96. The van der Waals surface area contributed by atoms with Crippen molar-refractivity contribution in [2.45, 2.75) is 57.4 Å². The van der Waals surface area contributed by atoms with Gasteiger partial charge < -0.3 is 10.4 Å². The second-order valence-electron chi connectivity index (χ2n) is 6.09. The molecule has 21 heavy (non-hydrogen) atoms. The van der Waals surface area contributed by atoms with E-state index in [0.29, 0.717) is 24.3 Å². The minimum Gasteiger partial charge on any atom is -0.480 e. The summed E-state index contributed by atoms with van der Waals surface area (Å²) in [6.07, 6.45) is 4.83. The van der Waals surface area contributed by atoms with E-state index in [0.717, 1.165) is 0 Å². The van der Waals surface area contributed by atoms with E-state index < -0.39 is 11.5 Å². The van der Waals surface area contributed by atoms with Crippen molar-refractivity contribution in [3.63, 3.8) is 0 Å². The third kappa shape index (κ3) is 3.43. The number of hydrogen-bond acceptors (Lipinski definition) is 2. The molecule has 1 saturated carbocycles. The van der Waals surface area contributed by atoms with Gasteiger partial charge in [0.1, 0.15) is 5.54 Å². The summed E-state index contributed by atoms with van der Waals surface area (Å²) < 4.78 is 0. The number of carbonyl (C=O) groups excluding carboxylic acids is 1. The second-order valence-corrected chi connectivity index (χ2v) is 6.09. The Kier molecular flexibility index (Phi) is 4.66. The number of carbonyl (C=O) groups is 2. The largest absolute Gasteiger partial charge is 0.480 e. The molecule has 2 rings (SSSR count). The summed E-state index contributed by atoms with van der Waals surface area (Å²) in [6, 6.07) is 7.54. The number of aliphatic carboxylic acids is 1. The standard InChI is InChI=1S/C17H23NO3/c1-3-11-17(2,16(20)21)18-15(19)14-9-7-13(8-10-14)12-5-4-6-12/h7-10,12H,3-6,11H2,1-2H3,(H,18,19)(H,20,21). The summed E-state index contributed by atoms with van der Waals surface area (Å²) in [6.45, 7) is 3.46. The van der Waals surface area contributed by atoms with Gasteiger partial charge in [-0.15, -0.1) is 0 Å². The van der Waals surface area contributed by atoms with Crippen molar-refractivity contribution in [2.75, 3.05) is 0 Å². The lowest BCUT2D eigenvalue weighted by Crippen LogP contribution is -2.52. The Balaban J connectivity index is 2.06. The summed E-state index contributed by atoms with van der Waals surface area (Å²) in [5.74, 6) is -0.691. The molecule has 1 amide bonds. The van der Waals surface area contributed by atoms with E-state index in [2.05, 4.69) is 5.32 Å². The molecule has 0 aromatic heterocycles. The molecule has 2 N–H and O–H groups in total. The van der Waals surface area contributed by atoms with Crippen LogP contribution in [0.3, 0.4) is 0 Å². The van der Waals surface area contributed by atoms with Gasteiger partial charge in [-0.25, -0.2) is 4.79 Å². The fraction of sp³-hybridized carbons (Fsp3) is 0.529. The zero-order chi connectivity index (χ0) is 15.5. The predicted octanol–water partition coefficient (Wildman–Crippen LogP) is 3.33. The van der Waals surface area contributed by atoms with Crippen LogP contribution in [0.2, 0.25) is 0 Å². The highest BCUT2D eigenvalue weighted by Gasteiger charge is 2.34. The Hall–Kier alpha value is -1.84. The average molecular weight is 289 g/mol. The van der Waals surface area contributed by atoms with Crippen LogP contribution >= 0.6 is 0 Å². The van der Waals surface area contributed by atoms with Crippen molar-refractivity contribution < 1.29 is 14.7 Å². The van der Waals surface area contributed by atoms with Crippen molar-refractivity contribution in [1.29, 1.82) is 0 Å². The third-order valence-corrected chi connectivity index (χ3v) is 4.36. The summed E-state index contributed by atoms with van der Waals surface area (Å²) in [5, 5.41) is 11.9. The van der Waals surface area contributed by atoms with E-state index in [9.17, 15) is 14.7 Å². The maximum atomic E-state index is 12.2. The maximum absolute atomic E-state index is 12.2. The minimum atomic E-state index is -1.21. The predicted molar refractivity (Wildman–Crippen MR) is 81.4 cm³/mol. The van der Waals surface area contributed by atoms with Crippen molar-refractivity contribution >= 4 is 11.9 Å². The molecule has 4 nitrogen and oxygen atoms in total. The average Bonchev–Trinajstić information content (AvgIpc) is 2.37. The Morgan fingerprint density at radius 1 is 1.29 bits per heavy atom. The molecule has 1 fully saturated rings. The van der Waals surface area contributed by atoms with Crippen molar-refractivity contribution in [1.82, 2.24) is 5.32 Å². The Labute approximate surface area is 125 Å². The van der Waals surface area contributed by atoms with Gasteiger partial charge in [-0.3, -0.25) is 4.79 Å². The minimum absolute atomic E-state index is 0.325. The first-order valence-corrected chi connectivity index (χ1v) is 7.62. The number of amides is 1. The molecule has 0 radical (unpaired) electrons. The van der Waals surface area contributed by atoms with Crippen molar-refractivity contribution in [3.8, 4) is 0 Å². The molecular formula is C17H23NO3. The van der Waals surface area contributed by atoms with E-state index in [1.54, 1.807) is 19.1 Å². The smallest absolute Gasteiger partial charge is 0.329 e. The second kappa shape index (κ2) is 6.29. The zero-order valence-electron chi connectivity index (χ0n) is 12.7. The van der Waals surface area contributed by atoms with Gasteiger partial charge in [0.05, 0.1) is 0 Å². The third-order valence-electron chi connectivity index (χ3n) is 4.36. The monoisotopic (exact) mass is 289 g/mol. The first-order valence-electron chi connectivity index (χ1n) is 7.62. The molecule has 1 aromatic carbocycles. The molecule has 0 saturated heterocycles. The molecule has 114 valence electrons.